The SMILES string of the molecule is CCc1ccc(OCc2cc(F)cc(Br)c2)c([N+](=O)[O-])c1. The molecule has 0 atom stereocenters. The van der Waals surface area contributed by atoms with Crippen molar-refractivity contribution in [3.63, 3.8) is 0 Å². The first kappa shape index (κ1) is 15.4. The third kappa shape index (κ3) is 4.01. The molecule has 0 unspecified atom stereocenters. The van der Waals surface area contributed by atoms with Crippen LogP contribution in [0.5, 0.6) is 5.75 Å². The maximum Gasteiger partial charge on any atom is 0.311 e. The van der Waals surface area contributed by atoms with E-state index in [0.717, 1.165) is 5.56 Å². The highest BCUT2D eigenvalue weighted by atomic mass is 79.9. The van der Waals surface area contributed by atoms with E-state index in [4.69, 9.17) is 4.74 Å². The van der Waals surface area contributed by atoms with Gasteiger partial charge in [-0.3, -0.25) is 10.1 Å². The van der Waals surface area contributed by atoms with Crippen molar-refractivity contribution in [3.05, 3.63) is 67.9 Å². The van der Waals surface area contributed by atoms with Gasteiger partial charge in [-0.2, -0.15) is 0 Å². The second kappa shape index (κ2) is 6.67. The van der Waals surface area contributed by atoms with Gasteiger partial charge in [0.2, 0.25) is 0 Å². The largest absolute Gasteiger partial charge is 0.482 e. The summed E-state index contributed by atoms with van der Waals surface area (Å²) in [6.45, 7) is 1.98. The third-order valence-electron chi connectivity index (χ3n) is 2.94. The molecular weight excluding hydrogens is 341 g/mol. The Morgan fingerprint density at radius 1 is 1.24 bits per heavy atom. The molecule has 0 N–H and O–H groups in total. The van der Waals surface area contributed by atoms with Crippen LogP contribution < -0.4 is 4.74 Å². The topological polar surface area (TPSA) is 52.4 Å². The zero-order valence-electron chi connectivity index (χ0n) is 11.3. The zero-order valence-corrected chi connectivity index (χ0v) is 12.9. The first-order valence-electron chi connectivity index (χ1n) is 6.34. The van der Waals surface area contributed by atoms with E-state index >= 15 is 0 Å². The second-order valence-corrected chi connectivity index (χ2v) is 5.39. The van der Waals surface area contributed by atoms with Gasteiger partial charge in [-0.15, -0.1) is 0 Å². The molecule has 2 rings (SSSR count). The Morgan fingerprint density at radius 2 is 2.00 bits per heavy atom. The minimum Gasteiger partial charge on any atom is -0.482 e. The van der Waals surface area contributed by atoms with Crippen LogP contribution in [0.1, 0.15) is 18.1 Å². The van der Waals surface area contributed by atoms with E-state index in [1.54, 1.807) is 18.2 Å². The highest BCUT2D eigenvalue weighted by Gasteiger charge is 2.16. The summed E-state index contributed by atoms with van der Waals surface area (Å²) in [7, 11) is 0. The van der Waals surface area contributed by atoms with E-state index in [1.807, 2.05) is 6.92 Å². The Bertz CT molecular complexity index is 656. The number of ether oxygens (including phenoxy) is 1. The van der Waals surface area contributed by atoms with Gasteiger partial charge in [0, 0.05) is 10.5 Å². The van der Waals surface area contributed by atoms with Crippen molar-refractivity contribution in [2.75, 3.05) is 0 Å². The minimum atomic E-state index is -0.476. The Labute approximate surface area is 129 Å². The number of hydrogen-bond acceptors (Lipinski definition) is 3. The summed E-state index contributed by atoms with van der Waals surface area (Å²) < 4.78 is 19.3. The first-order valence-corrected chi connectivity index (χ1v) is 7.14. The summed E-state index contributed by atoms with van der Waals surface area (Å²) >= 11 is 3.19. The Kier molecular flexibility index (Phi) is 4.90. The van der Waals surface area contributed by atoms with Gasteiger partial charge in [0.1, 0.15) is 12.4 Å². The normalized spacial score (nSPS) is 10.4. The summed E-state index contributed by atoms with van der Waals surface area (Å²) in [5.74, 6) is -0.212. The highest BCUT2D eigenvalue weighted by molar-refractivity contribution is 9.10. The third-order valence-corrected chi connectivity index (χ3v) is 3.40. The number of hydrogen-bond donors (Lipinski definition) is 0. The number of halogens is 2. The molecule has 0 bridgehead atoms. The number of aryl methyl sites for hydroxylation is 1. The number of nitro groups is 1. The van der Waals surface area contributed by atoms with Gasteiger partial charge in [0.15, 0.2) is 5.75 Å². The van der Waals surface area contributed by atoms with Gasteiger partial charge in [0.25, 0.3) is 0 Å². The van der Waals surface area contributed by atoms with Crippen molar-refractivity contribution in [1.82, 2.24) is 0 Å². The fourth-order valence-corrected chi connectivity index (χ4v) is 2.42. The molecule has 0 aliphatic carbocycles. The minimum absolute atomic E-state index is 0.0582. The van der Waals surface area contributed by atoms with Crippen molar-refractivity contribution in [3.8, 4) is 5.75 Å². The van der Waals surface area contributed by atoms with Crippen molar-refractivity contribution in [2.45, 2.75) is 20.0 Å². The van der Waals surface area contributed by atoms with Crippen molar-refractivity contribution in [2.24, 2.45) is 0 Å². The molecule has 0 radical (unpaired) electrons. The molecule has 2 aromatic rings. The molecule has 0 heterocycles. The lowest BCUT2D eigenvalue weighted by Gasteiger charge is -2.08. The zero-order chi connectivity index (χ0) is 15.4. The molecule has 0 aliphatic heterocycles. The van der Waals surface area contributed by atoms with Crippen LogP contribution in [0.25, 0.3) is 0 Å². The first-order chi connectivity index (χ1) is 9.99. The van der Waals surface area contributed by atoms with Crippen LogP contribution in [0.3, 0.4) is 0 Å². The van der Waals surface area contributed by atoms with Crippen LogP contribution in [-0.4, -0.2) is 4.92 Å². The highest BCUT2D eigenvalue weighted by Crippen LogP contribution is 2.29. The summed E-state index contributed by atoms with van der Waals surface area (Å²) in [5.41, 5.74) is 1.38. The van der Waals surface area contributed by atoms with Crippen LogP contribution in [-0.2, 0) is 13.0 Å². The second-order valence-electron chi connectivity index (χ2n) is 4.48. The standard InChI is InChI=1S/C15H13BrFNO3/c1-2-10-3-4-15(14(7-10)18(19)20)21-9-11-5-12(16)8-13(17)6-11/h3-8H,2,9H2,1H3. The van der Waals surface area contributed by atoms with Gasteiger partial charge in [-0.1, -0.05) is 28.9 Å². The van der Waals surface area contributed by atoms with E-state index in [9.17, 15) is 14.5 Å². The molecule has 0 saturated heterocycles. The summed E-state index contributed by atoms with van der Waals surface area (Å²) in [5, 5.41) is 11.1. The van der Waals surface area contributed by atoms with Crippen molar-refractivity contribution >= 4 is 21.6 Å². The fraction of sp³-hybridized carbons (Fsp3) is 0.200. The molecule has 0 saturated carbocycles. The molecule has 110 valence electrons. The predicted molar refractivity (Wildman–Crippen MR) is 80.9 cm³/mol. The van der Waals surface area contributed by atoms with E-state index in [1.165, 1.54) is 18.2 Å². The van der Waals surface area contributed by atoms with Gasteiger partial charge >= 0.3 is 5.69 Å². The van der Waals surface area contributed by atoms with E-state index in [2.05, 4.69) is 15.9 Å². The molecule has 6 heteroatoms. The van der Waals surface area contributed by atoms with Gasteiger partial charge < -0.3 is 4.74 Å². The Morgan fingerprint density at radius 3 is 2.62 bits per heavy atom. The predicted octanol–water partition coefficient (Wildman–Crippen LogP) is 4.64. The Balaban J connectivity index is 2.21. The van der Waals surface area contributed by atoms with Crippen LogP contribution in [0.2, 0.25) is 0 Å². The van der Waals surface area contributed by atoms with E-state index in [0.29, 0.717) is 16.5 Å². The smallest absolute Gasteiger partial charge is 0.311 e. The number of nitro benzene ring substituents is 1. The number of benzene rings is 2. The van der Waals surface area contributed by atoms with Crippen LogP contribution in [0, 0.1) is 15.9 Å². The molecule has 4 nitrogen and oxygen atoms in total. The molecule has 0 spiro atoms. The Hall–Kier alpha value is -1.95. The van der Waals surface area contributed by atoms with Gasteiger partial charge in [-0.05, 0) is 41.8 Å². The van der Waals surface area contributed by atoms with E-state index in [-0.39, 0.29) is 23.9 Å². The van der Waals surface area contributed by atoms with Crippen LogP contribution in [0.15, 0.2) is 40.9 Å². The van der Waals surface area contributed by atoms with Gasteiger partial charge in [0.05, 0.1) is 4.92 Å². The number of rotatable bonds is 5. The van der Waals surface area contributed by atoms with Crippen LogP contribution >= 0.6 is 15.9 Å². The molecule has 0 aliphatic rings. The fourth-order valence-electron chi connectivity index (χ4n) is 1.90. The number of nitrogens with zero attached hydrogens (tertiary/aromatic N) is 1. The monoisotopic (exact) mass is 353 g/mol. The molecular formula is C15H13BrFNO3. The summed E-state index contributed by atoms with van der Waals surface area (Å²) in [6, 6.07) is 9.22. The molecule has 2 aromatic carbocycles. The molecule has 0 aromatic heterocycles. The molecule has 21 heavy (non-hydrogen) atoms. The molecule has 0 amide bonds. The van der Waals surface area contributed by atoms with E-state index < -0.39 is 4.92 Å². The molecule has 0 fully saturated rings. The lowest BCUT2D eigenvalue weighted by Crippen LogP contribution is -2.00. The van der Waals surface area contributed by atoms with Crippen molar-refractivity contribution in [1.29, 1.82) is 0 Å². The van der Waals surface area contributed by atoms with Crippen LogP contribution in [0.4, 0.5) is 10.1 Å². The average molecular weight is 354 g/mol. The lowest BCUT2D eigenvalue weighted by atomic mass is 10.1. The quantitative estimate of drug-likeness (QED) is 0.581. The summed E-state index contributed by atoms with van der Waals surface area (Å²) in [6.07, 6.45) is 0.706. The van der Waals surface area contributed by atoms with Crippen molar-refractivity contribution < 1.29 is 14.1 Å². The summed E-state index contributed by atoms with van der Waals surface area (Å²) in [4.78, 5) is 10.6. The maximum absolute atomic E-state index is 13.3. The maximum atomic E-state index is 13.3. The average Bonchev–Trinajstić information content (AvgIpc) is 2.43. The lowest BCUT2D eigenvalue weighted by molar-refractivity contribution is -0.386. The van der Waals surface area contributed by atoms with Gasteiger partial charge in [-0.25, -0.2) is 4.39 Å².